The molecule has 2 nitrogen and oxygen atoms in total. The van der Waals surface area contributed by atoms with Crippen LogP contribution in [0.2, 0.25) is 0 Å². The summed E-state index contributed by atoms with van der Waals surface area (Å²) in [4.78, 5) is 0. The maximum absolute atomic E-state index is 3.27. The zero-order valence-electron chi connectivity index (χ0n) is 13.0. The molecule has 1 aromatic heterocycles. The van der Waals surface area contributed by atoms with E-state index >= 15 is 0 Å². The molecule has 0 amide bonds. The van der Waals surface area contributed by atoms with Gasteiger partial charge in [-0.05, 0) is 30.5 Å². The third kappa shape index (κ3) is 3.86. The minimum atomic E-state index is 0.942. The lowest BCUT2D eigenvalue weighted by molar-refractivity contribution is 0.565. The van der Waals surface area contributed by atoms with Crippen LogP contribution in [0.1, 0.15) is 51.0 Å². The van der Waals surface area contributed by atoms with Crippen molar-refractivity contribution in [3.8, 4) is 0 Å². The van der Waals surface area contributed by atoms with Crippen molar-refractivity contribution in [1.82, 2.24) is 9.88 Å². The van der Waals surface area contributed by atoms with Crippen LogP contribution in [-0.2, 0) is 13.1 Å². The molecule has 1 heterocycles. The van der Waals surface area contributed by atoms with Crippen LogP contribution in [0.3, 0.4) is 0 Å². The molecule has 0 fully saturated rings. The number of aryl methyl sites for hydroxylation is 1. The van der Waals surface area contributed by atoms with Crippen LogP contribution in [0, 0.1) is 0 Å². The van der Waals surface area contributed by atoms with Crippen LogP contribution in [0.25, 0.3) is 10.9 Å². The van der Waals surface area contributed by atoms with Crippen LogP contribution >= 0.6 is 0 Å². The van der Waals surface area contributed by atoms with E-state index in [1.165, 1.54) is 55.0 Å². The molecule has 0 bridgehead atoms. The van der Waals surface area contributed by atoms with Crippen molar-refractivity contribution in [2.75, 3.05) is 7.05 Å². The first-order valence-electron chi connectivity index (χ1n) is 8.08. The highest BCUT2D eigenvalue weighted by atomic mass is 15.0. The Bertz CT molecular complexity index is 513. The molecule has 0 spiro atoms. The largest absolute Gasteiger partial charge is 0.347 e. The van der Waals surface area contributed by atoms with Gasteiger partial charge in [-0.1, -0.05) is 57.2 Å². The molecule has 0 saturated heterocycles. The lowest BCUT2D eigenvalue weighted by atomic mass is 10.1. The zero-order chi connectivity index (χ0) is 14.2. The molecule has 2 heteroatoms. The Morgan fingerprint density at radius 1 is 1.00 bits per heavy atom. The summed E-state index contributed by atoms with van der Waals surface area (Å²) >= 11 is 0. The van der Waals surface area contributed by atoms with Crippen molar-refractivity contribution in [2.45, 2.75) is 58.5 Å². The van der Waals surface area contributed by atoms with E-state index < -0.39 is 0 Å². The number of nitrogens with one attached hydrogen (secondary N) is 1. The van der Waals surface area contributed by atoms with Gasteiger partial charge in [-0.25, -0.2) is 0 Å². The zero-order valence-corrected chi connectivity index (χ0v) is 13.0. The summed E-state index contributed by atoms with van der Waals surface area (Å²) in [5, 5.41) is 4.63. The summed E-state index contributed by atoms with van der Waals surface area (Å²) in [5.41, 5.74) is 2.82. The fraction of sp³-hybridized carbons (Fsp3) is 0.556. The third-order valence-corrected chi connectivity index (χ3v) is 3.99. The fourth-order valence-electron chi connectivity index (χ4n) is 2.92. The molecule has 20 heavy (non-hydrogen) atoms. The van der Waals surface area contributed by atoms with E-state index in [-0.39, 0.29) is 0 Å². The number of rotatable bonds is 9. The Labute approximate surface area is 123 Å². The van der Waals surface area contributed by atoms with Gasteiger partial charge in [0, 0.05) is 19.3 Å². The van der Waals surface area contributed by atoms with Crippen molar-refractivity contribution in [1.29, 1.82) is 0 Å². The predicted molar refractivity (Wildman–Crippen MR) is 88.1 cm³/mol. The average Bonchev–Trinajstić information content (AvgIpc) is 2.87. The van der Waals surface area contributed by atoms with Crippen molar-refractivity contribution >= 4 is 10.9 Å². The van der Waals surface area contributed by atoms with Crippen LogP contribution in [0.15, 0.2) is 30.5 Å². The molecule has 0 aliphatic heterocycles. The maximum atomic E-state index is 3.27. The number of nitrogens with zero attached hydrogens (tertiary/aromatic N) is 1. The molecule has 0 saturated carbocycles. The van der Waals surface area contributed by atoms with Gasteiger partial charge in [0.05, 0.1) is 5.52 Å². The first kappa shape index (κ1) is 15.1. The van der Waals surface area contributed by atoms with Crippen LogP contribution in [-0.4, -0.2) is 11.6 Å². The summed E-state index contributed by atoms with van der Waals surface area (Å²) in [6.45, 7) is 4.36. The topological polar surface area (TPSA) is 17.0 Å². The van der Waals surface area contributed by atoms with E-state index in [1.54, 1.807) is 0 Å². The Balaban J connectivity index is 1.96. The number of hydrogen-bond acceptors (Lipinski definition) is 1. The molecule has 0 radical (unpaired) electrons. The molecular formula is C18H28N2. The highest BCUT2D eigenvalue weighted by molar-refractivity contribution is 5.83. The van der Waals surface area contributed by atoms with Crippen molar-refractivity contribution in [3.63, 3.8) is 0 Å². The summed E-state index contributed by atoms with van der Waals surface area (Å²) in [6.07, 6.45) is 10.4. The Morgan fingerprint density at radius 2 is 1.80 bits per heavy atom. The molecule has 0 aliphatic rings. The molecule has 1 aromatic carbocycles. The highest BCUT2D eigenvalue weighted by Gasteiger charge is 2.05. The number of benzene rings is 1. The fourth-order valence-corrected chi connectivity index (χ4v) is 2.92. The predicted octanol–water partition coefficient (Wildman–Crippen LogP) is 4.72. The van der Waals surface area contributed by atoms with Crippen LogP contribution in [0.5, 0.6) is 0 Å². The molecule has 0 aliphatic carbocycles. The lowest BCUT2D eigenvalue weighted by Gasteiger charge is -2.10. The maximum Gasteiger partial charge on any atom is 0.0525 e. The third-order valence-electron chi connectivity index (χ3n) is 3.99. The molecule has 110 valence electrons. The summed E-state index contributed by atoms with van der Waals surface area (Å²) in [6, 6.07) is 8.85. The first-order chi connectivity index (χ1) is 9.86. The Kier molecular flexibility index (Phi) is 6.13. The second-order valence-corrected chi connectivity index (χ2v) is 5.66. The lowest BCUT2D eigenvalue weighted by Crippen LogP contribution is -2.07. The van der Waals surface area contributed by atoms with Crippen LogP contribution in [0.4, 0.5) is 0 Å². The van der Waals surface area contributed by atoms with Gasteiger partial charge in [-0.3, -0.25) is 0 Å². The minimum Gasteiger partial charge on any atom is -0.347 e. The first-order valence-corrected chi connectivity index (χ1v) is 8.08. The van der Waals surface area contributed by atoms with Gasteiger partial charge in [0.2, 0.25) is 0 Å². The molecule has 2 aromatic rings. The van der Waals surface area contributed by atoms with Gasteiger partial charge < -0.3 is 9.88 Å². The second kappa shape index (κ2) is 8.11. The Hall–Kier alpha value is -1.28. The van der Waals surface area contributed by atoms with Crippen molar-refractivity contribution in [2.24, 2.45) is 0 Å². The number of unbranched alkanes of at least 4 members (excludes halogenated alkanes) is 5. The van der Waals surface area contributed by atoms with Crippen molar-refractivity contribution < 1.29 is 0 Å². The smallest absolute Gasteiger partial charge is 0.0525 e. The highest BCUT2D eigenvalue weighted by Crippen LogP contribution is 2.21. The van der Waals surface area contributed by atoms with Gasteiger partial charge >= 0.3 is 0 Å². The molecule has 2 rings (SSSR count). The average molecular weight is 272 g/mol. The number of hydrogen-bond donors (Lipinski definition) is 1. The molecule has 0 unspecified atom stereocenters. The van der Waals surface area contributed by atoms with E-state index in [4.69, 9.17) is 0 Å². The monoisotopic (exact) mass is 272 g/mol. The van der Waals surface area contributed by atoms with Gasteiger partial charge in [-0.15, -0.1) is 0 Å². The van der Waals surface area contributed by atoms with Gasteiger partial charge in [0.25, 0.3) is 0 Å². The Morgan fingerprint density at radius 3 is 2.60 bits per heavy atom. The van der Waals surface area contributed by atoms with Crippen LogP contribution < -0.4 is 5.32 Å². The number of aromatic nitrogens is 1. The summed E-state index contributed by atoms with van der Waals surface area (Å²) in [5.74, 6) is 0. The summed E-state index contributed by atoms with van der Waals surface area (Å²) in [7, 11) is 2.01. The molecule has 1 N–H and O–H groups in total. The number of fused-ring (bicyclic) bond motifs is 1. The van der Waals surface area contributed by atoms with Gasteiger partial charge in [0.15, 0.2) is 0 Å². The van der Waals surface area contributed by atoms with E-state index in [0.717, 1.165) is 13.1 Å². The quantitative estimate of drug-likeness (QED) is 0.653. The van der Waals surface area contributed by atoms with E-state index in [2.05, 4.69) is 47.3 Å². The van der Waals surface area contributed by atoms with Crippen molar-refractivity contribution in [3.05, 3.63) is 36.0 Å². The van der Waals surface area contributed by atoms with Gasteiger partial charge in [-0.2, -0.15) is 0 Å². The minimum absolute atomic E-state index is 0.942. The number of para-hydroxylation sites is 1. The van der Waals surface area contributed by atoms with E-state index in [0.29, 0.717) is 0 Å². The standard InChI is InChI=1S/C18H28N2/c1-3-4-5-6-7-8-13-20-14-12-16-10-9-11-17(15-19-2)18(16)20/h9-12,14,19H,3-8,13,15H2,1-2H3. The SMILES string of the molecule is CCCCCCCCn1ccc2cccc(CNC)c21. The second-order valence-electron chi connectivity index (χ2n) is 5.66. The molecule has 0 atom stereocenters. The normalized spacial score (nSPS) is 11.3. The van der Waals surface area contributed by atoms with E-state index in [9.17, 15) is 0 Å². The van der Waals surface area contributed by atoms with E-state index in [1.807, 2.05) is 7.05 Å². The van der Waals surface area contributed by atoms with Gasteiger partial charge in [0.1, 0.15) is 0 Å². The summed E-state index contributed by atoms with van der Waals surface area (Å²) < 4.78 is 2.43. The molecular weight excluding hydrogens is 244 g/mol.